The molecule has 1 aromatic heterocycles. The van der Waals surface area contributed by atoms with Gasteiger partial charge in [0.25, 0.3) is 5.91 Å². The van der Waals surface area contributed by atoms with Crippen LogP contribution in [0.3, 0.4) is 0 Å². The summed E-state index contributed by atoms with van der Waals surface area (Å²) in [6.07, 6.45) is -0.677. The van der Waals surface area contributed by atoms with Crippen LogP contribution in [0.1, 0.15) is 49.3 Å². The number of nitrogens with zero attached hydrogens (tertiary/aromatic N) is 6. The van der Waals surface area contributed by atoms with E-state index in [0.717, 1.165) is 5.56 Å². The fourth-order valence-electron chi connectivity index (χ4n) is 6.96. The third kappa shape index (κ3) is 8.66. The minimum atomic E-state index is -0.969. The van der Waals surface area contributed by atoms with Crippen LogP contribution in [0, 0.1) is 5.82 Å². The number of likely N-dealkylation sites (N-methyl/N-ethyl adjacent to an activating group) is 1. The molecule has 0 bridgehead atoms. The largest absolute Gasteiger partial charge is 0.474 e. The predicted molar refractivity (Wildman–Crippen MR) is 183 cm³/mol. The Hall–Kier alpha value is -3.85. The molecule has 4 heterocycles. The predicted octanol–water partition coefficient (Wildman–Crippen LogP) is 2.38. The number of carboxylic acid groups (broad SMARTS) is 1. The number of pyridine rings is 1. The first-order valence-corrected chi connectivity index (χ1v) is 17.1. The zero-order valence-corrected chi connectivity index (χ0v) is 29.4. The number of hydrogen-bond donors (Lipinski definition) is 2. The standard InChI is InChI=1S/C35H50FN7O6/c1-22-15-40(29(17-42(22)35(46)47)16-41-23(2)19-48-20-24(41)3)18-31(44)43-25(4)21-49-34-30(43)14-27(13-26-7-9-28(36)10-8-26)32(38-34)33(45)37-11-12-39(5)6/h7-10,14,22-25,29H,11-13,15-21H2,1-6H3,(H,37,45)(H,46,47)/t22-,23-,24-,25+,29+/m1/s1. The molecule has 0 saturated carbocycles. The molecule has 268 valence electrons. The van der Waals surface area contributed by atoms with Crippen LogP contribution in [-0.2, 0) is 16.0 Å². The molecule has 0 aliphatic carbocycles. The zero-order chi connectivity index (χ0) is 35.4. The first-order valence-electron chi connectivity index (χ1n) is 17.1. The normalized spacial score (nSPS) is 24.8. The van der Waals surface area contributed by atoms with E-state index >= 15 is 0 Å². The van der Waals surface area contributed by atoms with Crippen molar-refractivity contribution < 1.29 is 33.4 Å². The summed E-state index contributed by atoms with van der Waals surface area (Å²) in [7, 11) is 3.84. The van der Waals surface area contributed by atoms with Gasteiger partial charge in [-0.25, -0.2) is 14.2 Å². The number of amides is 3. The topological polar surface area (TPSA) is 131 Å². The van der Waals surface area contributed by atoms with Gasteiger partial charge in [-0.05, 0) is 77.5 Å². The summed E-state index contributed by atoms with van der Waals surface area (Å²) < 4.78 is 25.5. The van der Waals surface area contributed by atoms with Gasteiger partial charge in [-0.3, -0.25) is 19.4 Å². The van der Waals surface area contributed by atoms with Gasteiger partial charge in [0.15, 0.2) is 0 Å². The number of fused-ring (bicyclic) bond motifs is 1. The monoisotopic (exact) mass is 683 g/mol. The molecule has 3 aliphatic rings. The van der Waals surface area contributed by atoms with Crippen molar-refractivity contribution in [2.45, 2.75) is 64.3 Å². The van der Waals surface area contributed by atoms with Crippen molar-refractivity contribution in [3.8, 4) is 5.88 Å². The van der Waals surface area contributed by atoms with Gasteiger partial charge in [0.1, 0.15) is 23.8 Å². The van der Waals surface area contributed by atoms with Crippen LogP contribution in [-0.4, -0.2) is 151 Å². The quantitative estimate of drug-likeness (QED) is 0.385. The Balaban J connectivity index is 1.44. The third-order valence-electron chi connectivity index (χ3n) is 9.66. The van der Waals surface area contributed by atoms with Crippen LogP contribution in [0.5, 0.6) is 5.88 Å². The lowest BCUT2D eigenvalue weighted by Gasteiger charge is -2.48. The van der Waals surface area contributed by atoms with Crippen LogP contribution in [0.25, 0.3) is 0 Å². The lowest BCUT2D eigenvalue weighted by atomic mass is 10.0. The van der Waals surface area contributed by atoms with E-state index in [0.29, 0.717) is 57.1 Å². The van der Waals surface area contributed by atoms with E-state index in [4.69, 9.17) is 9.47 Å². The SMILES string of the molecule is C[C@@H]1CN(CC(=O)N2c3cc(Cc4ccc(F)cc4)c(C(=O)NCCN(C)C)nc3OC[C@@H]2C)[C@@H](CN2[C@H](C)COC[C@H]2C)CN1C(=O)O. The summed E-state index contributed by atoms with van der Waals surface area (Å²) in [5.41, 5.74) is 2.03. The second kappa shape index (κ2) is 15.8. The number of anilines is 1. The highest BCUT2D eigenvalue weighted by atomic mass is 19.1. The van der Waals surface area contributed by atoms with Crippen LogP contribution in [0.4, 0.5) is 14.9 Å². The molecule has 1 aromatic carbocycles. The number of morpholine rings is 1. The molecule has 13 nitrogen and oxygen atoms in total. The summed E-state index contributed by atoms with van der Waals surface area (Å²) in [4.78, 5) is 54.2. The Labute approximate surface area is 287 Å². The van der Waals surface area contributed by atoms with Crippen LogP contribution in [0.2, 0.25) is 0 Å². The molecule has 2 N–H and O–H groups in total. The van der Waals surface area contributed by atoms with Gasteiger partial charge in [0.05, 0.1) is 25.8 Å². The summed E-state index contributed by atoms with van der Waals surface area (Å²) in [6, 6.07) is 7.35. The van der Waals surface area contributed by atoms with E-state index < -0.39 is 6.09 Å². The maximum Gasteiger partial charge on any atom is 0.407 e. The molecule has 14 heteroatoms. The van der Waals surface area contributed by atoms with Crippen molar-refractivity contribution in [1.82, 2.24) is 29.9 Å². The van der Waals surface area contributed by atoms with Gasteiger partial charge in [-0.1, -0.05) is 12.1 Å². The summed E-state index contributed by atoms with van der Waals surface area (Å²) in [5, 5.41) is 12.9. The number of benzene rings is 1. The maximum absolute atomic E-state index is 14.4. The smallest absolute Gasteiger partial charge is 0.407 e. The van der Waals surface area contributed by atoms with Crippen LogP contribution >= 0.6 is 0 Å². The third-order valence-corrected chi connectivity index (χ3v) is 9.66. The molecule has 2 aromatic rings. The second-order valence-electron chi connectivity index (χ2n) is 13.9. The molecule has 0 unspecified atom stereocenters. The Kier molecular flexibility index (Phi) is 11.7. The molecule has 0 spiro atoms. The zero-order valence-electron chi connectivity index (χ0n) is 29.4. The maximum atomic E-state index is 14.4. The highest BCUT2D eigenvalue weighted by molar-refractivity contribution is 5.99. The van der Waals surface area contributed by atoms with Gasteiger partial charge >= 0.3 is 6.09 Å². The van der Waals surface area contributed by atoms with Crippen molar-refractivity contribution in [2.75, 3.05) is 78.1 Å². The van der Waals surface area contributed by atoms with E-state index in [1.165, 1.54) is 17.0 Å². The Morgan fingerprint density at radius 2 is 1.69 bits per heavy atom. The number of hydrogen-bond acceptors (Lipinski definition) is 9. The van der Waals surface area contributed by atoms with Gasteiger partial charge in [0, 0.05) is 56.9 Å². The van der Waals surface area contributed by atoms with Gasteiger partial charge in [-0.15, -0.1) is 0 Å². The molecular weight excluding hydrogens is 633 g/mol. The average molecular weight is 684 g/mol. The number of ether oxygens (including phenoxy) is 2. The molecule has 5 atom stereocenters. The van der Waals surface area contributed by atoms with Crippen LogP contribution in [0.15, 0.2) is 30.3 Å². The first kappa shape index (κ1) is 36.4. The Bertz CT molecular complexity index is 1480. The number of halogens is 1. The van der Waals surface area contributed by atoms with Crippen LogP contribution < -0.4 is 15.0 Å². The van der Waals surface area contributed by atoms with E-state index in [1.807, 2.05) is 32.8 Å². The number of carbonyl (C=O) groups is 3. The van der Waals surface area contributed by atoms with Crippen molar-refractivity contribution in [3.05, 3.63) is 53.0 Å². The van der Waals surface area contributed by atoms with Crippen molar-refractivity contribution >= 4 is 23.6 Å². The minimum Gasteiger partial charge on any atom is -0.474 e. The highest BCUT2D eigenvalue weighted by Gasteiger charge is 2.40. The molecule has 3 aliphatic heterocycles. The van der Waals surface area contributed by atoms with E-state index in [2.05, 4.69) is 33.9 Å². The van der Waals surface area contributed by atoms with Crippen molar-refractivity contribution in [2.24, 2.45) is 0 Å². The summed E-state index contributed by atoms with van der Waals surface area (Å²) in [6.45, 7) is 11.8. The van der Waals surface area contributed by atoms with Crippen molar-refractivity contribution in [1.29, 1.82) is 0 Å². The molecule has 49 heavy (non-hydrogen) atoms. The van der Waals surface area contributed by atoms with Gasteiger partial charge < -0.3 is 34.6 Å². The summed E-state index contributed by atoms with van der Waals surface area (Å²) in [5.74, 6) is -0.689. The summed E-state index contributed by atoms with van der Waals surface area (Å²) >= 11 is 0. The number of nitrogens with one attached hydrogen (secondary N) is 1. The molecule has 5 rings (SSSR count). The molecular formula is C35H50FN7O6. The van der Waals surface area contributed by atoms with E-state index in [-0.39, 0.29) is 79.1 Å². The lowest BCUT2D eigenvalue weighted by Crippen LogP contribution is -2.65. The molecule has 3 amide bonds. The minimum absolute atomic E-state index is 0.0689. The second-order valence-corrected chi connectivity index (χ2v) is 13.9. The first-order chi connectivity index (χ1) is 23.3. The molecule has 2 saturated heterocycles. The fraction of sp³-hybridized carbons (Fsp3) is 0.600. The van der Waals surface area contributed by atoms with Gasteiger partial charge in [0.2, 0.25) is 11.8 Å². The average Bonchev–Trinajstić information content (AvgIpc) is 3.04. The van der Waals surface area contributed by atoms with Gasteiger partial charge in [-0.2, -0.15) is 0 Å². The van der Waals surface area contributed by atoms with E-state index in [1.54, 1.807) is 23.1 Å². The Morgan fingerprint density at radius 1 is 1.00 bits per heavy atom. The number of carbonyl (C=O) groups excluding carboxylic acids is 2. The number of piperazine rings is 1. The molecule has 2 fully saturated rings. The lowest BCUT2D eigenvalue weighted by molar-refractivity contribution is -0.122. The fourth-order valence-corrected chi connectivity index (χ4v) is 6.96. The van der Waals surface area contributed by atoms with Crippen molar-refractivity contribution in [3.63, 3.8) is 0 Å². The highest BCUT2D eigenvalue weighted by Crippen LogP contribution is 2.35. The Morgan fingerprint density at radius 3 is 2.35 bits per heavy atom. The van der Waals surface area contributed by atoms with E-state index in [9.17, 15) is 23.9 Å². The molecule has 0 radical (unpaired) electrons. The number of rotatable bonds is 10. The number of aromatic nitrogens is 1.